The molecule has 0 bridgehead atoms. The third-order valence-corrected chi connectivity index (χ3v) is 4.19. The van der Waals surface area contributed by atoms with Crippen molar-refractivity contribution in [2.24, 2.45) is 17.6 Å². The fraction of sp³-hybridized carbons (Fsp3) is 0.529. The van der Waals surface area contributed by atoms with Crippen molar-refractivity contribution < 1.29 is 0 Å². The molecular weight excluding hydrogens is 246 g/mol. The van der Waals surface area contributed by atoms with Crippen LogP contribution in [0.2, 0.25) is 0 Å². The fourth-order valence-corrected chi connectivity index (χ4v) is 2.93. The normalized spacial score (nSPS) is 22.4. The van der Waals surface area contributed by atoms with Gasteiger partial charge in [-0.05, 0) is 49.6 Å². The van der Waals surface area contributed by atoms with Crippen molar-refractivity contribution >= 4 is 0 Å². The van der Waals surface area contributed by atoms with Gasteiger partial charge in [0.2, 0.25) is 0 Å². The fourth-order valence-electron chi connectivity index (χ4n) is 2.93. The highest BCUT2D eigenvalue weighted by Gasteiger charge is 2.20. The number of nitrogens with one attached hydrogen (secondary N) is 2. The maximum absolute atomic E-state index is 5.54. The van der Waals surface area contributed by atoms with Crippen molar-refractivity contribution in [1.82, 2.24) is 10.6 Å². The summed E-state index contributed by atoms with van der Waals surface area (Å²) in [6, 6.07) is 10.6. The summed E-state index contributed by atoms with van der Waals surface area (Å²) in [5, 5.41) is 6.75. The summed E-state index contributed by atoms with van der Waals surface area (Å²) in [7, 11) is 0. The molecule has 3 heteroatoms. The molecule has 4 N–H and O–H groups in total. The summed E-state index contributed by atoms with van der Waals surface area (Å²) in [5.74, 6) is 2.19. The van der Waals surface area contributed by atoms with Crippen LogP contribution in [0.4, 0.5) is 0 Å². The molecule has 1 aromatic carbocycles. The summed E-state index contributed by atoms with van der Waals surface area (Å²) >= 11 is 0. The van der Waals surface area contributed by atoms with Gasteiger partial charge < -0.3 is 16.4 Å². The second kappa shape index (κ2) is 7.95. The molecule has 0 unspecified atom stereocenters. The Bertz CT molecular complexity index is 394. The Morgan fingerprint density at radius 2 is 1.65 bits per heavy atom. The summed E-state index contributed by atoms with van der Waals surface area (Å²) in [5.41, 5.74) is 6.91. The van der Waals surface area contributed by atoms with Gasteiger partial charge in [0.15, 0.2) is 0 Å². The summed E-state index contributed by atoms with van der Waals surface area (Å²) in [6.07, 6.45) is 5.26. The largest absolute Gasteiger partial charge is 0.386 e. The number of hydrogen-bond donors (Lipinski definition) is 3. The second-order valence-electron chi connectivity index (χ2n) is 5.91. The molecule has 0 radical (unpaired) electrons. The molecule has 0 amide bonds. The molecule has 0 atom stereocenters. The Morgan fingerprint density at radius 1 is 1.05 bits per heavy atom. The minimum atomic E-state index is 0.594. The summed E-state index contributed by atoms with van der Waals surface area (Å²) in [4.78, 5) is 0. The number of nitrogens with two attached hydrogens (primary N) is 1. The third kappa shape index (κ3) is 5.25. The molecule has 2 rings (SSSR count). The van der Waals surface area contributed by atoms with E-state index in [1.165, 1.54) is 31.2 Å². The first-order valence-electron chi connectivity index (χ1n) is 7.67. The van der Waals surface area contributed by atoms with Gasteiger partial charge in [-0.3, -0.25) is 0 Å². The van der Waals surface area contributed by atoms with Crippen LogP contribution in [-0.2, 0) is 6.54 Å². The van der Waals surface area contributed by atoms with E-state index in [9.17, 15) is 0 Å². The van der Waals surface area contributed by atoms with Crippen LogP contribution >= 0.6 is 0 Å². The lowest BCUT2D eigenvalue weighted by atomic mass is 9.82. The minimum absolute atomic E-state index is 0.594. The Kier molecular flexibility index (Phi) is 5.93. The van der Waals surface area contributed by atoms with Crippen LogP contribution in [0.5, 0.6) is 0 Å². The Morgan fingerprint density at radius 3 is 2.25 bits per heavy atom. The minimum Gasteiger partial charge on any atom is -0.386 e. The van der Waals surface area contributed by atoms with E-state index in [2.05, 4.69) is 47.5 Å². The van der Waals surface area contributed by atoms with Crippen LogP contribution in [0.1, 0.15) is 31.2 Å². The monoisotopic (exact) mass is 273 g/mol. The van der Waals surface area contributed by atoms with E-state index in [0.717, 1.165) is 31.5 Å². The zero-order chi connectivity index (χ0) is 14.2. The van der Waals surface area contributed by atoms with Gasteiger partial charge in [0.05, 0.1) is 5.82 Å². The van der Waals surface area contributed by atoms with Crippen molar-refractivity contribution in [2.75, 3.05) is 13.1 Å². The maximum atomic E-state index is 5.54. The molecule has 1 aliphatic carbocycles. The van der Waals surface area contributed by atoms with Crippen LogP contribution in [0.3, 0.4) is 0 Å². The number of hydrogen-bond acceptors (Lipinski definition) is 3. The molecule has 1 saturated carbocycles. The first-order chi connectivity index (χ1) is 9.74. The SMILES string of the molecule is C=C(N)NCC1CCC(CNCc2ccccc2)CC1. The zero-order valence-corrected chi connectivity index (χ0v) is 12.3. The highest BCUT2D eigenvalue weighted by molar-refractivity contribution is 5.14. The van der Waals surface area contributed by atoms with Gasteiger partial charge in [0.1, 0.15) is 0 Å². The van der Waals surface area contributed by atoms with E-state index in [1.54, 1.807) is 0 Å². The molecule has 0 aliphatic heterocycles. The average molecular weight is 273 g/mol. The Balaban J connectivity index is 1.59. The van der Waals surface area contributed by atoms with Crippen molar-refractivity contribution in [3.05, 3.63) is 48.3 Å². The molecule has 1 fully saturated rings. The third-order valence-electron chi connectivity index (χ3n) is 4.19. The lowest BCUT2D eigenvalue weighted by Crippen LogP contribution is -2.31. The lowest BCUT2D eigenvalue weighted by molar-refractivity contribution is 0.264. The van der Waals surface area contributed by atoms with Crippen LogP contribution in [0.15, 0.2) is 42.7 Å². The molecule has 1 aliphatic rings. The summed E-state index contributed by atoms with van der Waals surface area (Å²) in [6.45, 7) is 6.79. The molecular formula is C17H27N3. The van der Waals surface area contributed by atoms with Gasteiger partial charge in [-0.1, -0.05) is 36.9 Å². The van der Waals surface area contributed by atoms with Crippen molar-refractivity contribution in [1.29, 1.82) is 0 Å². The van der Waals surface area contributed by atoms with E-state index in [4.69, 9.17) is 5.73 Å². The number of rotatable bonds is 7. The van der Waals surface area contributed by atoms with Crippen LogP contribution in [-0.4, -0.2) is 13.1 Å². The molecule has 1 aromatic rings. The van der Waals surface area contributed by atoms with Crippen LogP contribution in [0, 0.1) is 11.8 Å². The van der Waals surface area contributed by atoms with Gasteiger partial charge in [-0.2, -0.15) is 0 Å². The van der Waals surface area contributed by atoms with Crippen molar-refractivity contribution in [3.63, 3.8) is 0 Å². The van der Waals surface area contributed by atoms with Gasteiger partial charge in [-0.25, -0.2) is 0 Å². The Labute approximate surface area is 122 Å². The second-order valence-corrected chi connectivity index (χ2v) is 5.91. The van der Waals surface area contributed by atoms with Crippen LogP contribution < -0.4 is 16.4 Å². The van der Waals surface area contributed by atoms with E-state index in [0.29, 0.717) is 5.82 Å². The smallest absolute Gasteiger partial charge is 0.0885 e. The average Bonchev–Trinajstić information content (AvgIpc) is 2.47. The maximum Gasteiger partial charge on any atom is 0.0885 e. The highest BCUT2D eigenvalue weighted by atomic mass is 15.0. The predicted molar refractivity (Wildman–Crippen MR) is 84.9 cm³/mol. The molecule has 0 spiro atoms. The Hall–Kier alpha value is -1.48. The molecule has 0 saturated heterocycles. The molecule has 3 nitrogen and oxygen atoms in total. The predicted octanol–water partition coefficient (Wildman–Crippen LogP) is 2.60. The quantitative estimate of drug-likeness (QED) is 0.716. The van der Waals surface area contributed by atoms with E-state index >= 15 is 0 Å². The van der Waals surface area contributed by atoms with Gasteiger partial charge in [0.25, 0.3) is 0 Å². The zero-order valence-electron chi connectivity index (χ0n) is 12.3. The van der Waals surface area contributed by atoms with Gasteiger partial charge in [-0.15, -0.1) is 0 Å². The standard InChI is InChI=1S/C17H27N3/c1-14(18)20-13-17-9-7-16(8-10-17)12-19-11-15-5-3-2-4-6-15/h2-6,16-17,19-20H,1,7-13,18H2. The number of benzene rings is 1. The molecule has 110 valence electrons. The van der Waals surface area contributed by atoms with Crippen molar-refractivity contribution in [3.8, 4) is 0 Å². The first kappa shape index (κ1) is 14.9. The molecule has 0 aromatic heterocycles. The van der Waals surface area contributed by atoms with E-state index in [-0.39, 0.29) is 0 Å². The van der Waals surface area contributed by atoms with Crippen molar-refractivity contribution in [2.45, 2.75) is 32.2 Å². The topological polar surface area (TPSA) is 50.1 Å². The van der Waals surface area contributed by atoms with Gasteiger partial charge in [0, 0.05) is 13.1 Å². The first-order valence-corrected chi connectivity index (χ1v) is 7.67. The van der Waals surface area contributed by atoms with E-state index < -0.39 is 0 Å². The summed E-state index contributed by atoms with van der Waals surface area (Å²) < 4.78 is 0. The van der Waals surface area contributed by atoms with Gasteiger partial charge >= 0.3 is 0 Å². The molecule has 0 heterocycles. The highest BCUT2D eigenvalue weighted by Crippen LogP contribution is 2.28. The van der Waals surface area contributed by atoms with E-state index in [1.807, 2.05) is 0 Å². The molecule has 20 heavy (non-hydrogen) atoms. The lowest BCUT2D eigenvalue weighted by Gasteiger charge is -2.29. The van der Waals surface area contributed by atoms with Crippen LogP contribution in [0.25, 0.3) is 0 Å².